The average Bonchev–Trinajstić information content (AvgIpc) is 2.84. The molecule has 0 atom stereocenters. The third-order valence-corrected chi connectivity index (χ3v) is 8.22. The molecule has 0 fully saturated rings. The van der Waals surface area contributed by atoms with Gasteiger partial charge in [-0.15, -0.1) is 0 Å². The number of hydrogen-bond acceptors (Lipinski definition) is 5. The summed E-state index contributed by atoms with van der Waals surface area (Å²) in [6.07, 6.45) is 0. The van der Waals surface area contributed by atoms with Crippen LogP contribution in [0.5, 0.6) is 0 Å². The zero-order chi connectivity index (χ0) is 26.6. The summed E-state index contributed by atoms with van der Waals surface area (Å²) in [5.41, 5.74) is 1.15. The Morgan fingerprint density at radius 1 is 0.568 bits per heavy atom. The van der Waals surface area contributed by atoms with E-state index in [0.717, 1.165) is 0 Å². The van der Waals surface area contributed by atoms with Gasteiger partial charge in [0.1, 0.15) is 0 Å². The highest BCUT2D eigenvalue weighted by Crippen LogP contribution is 2.25. The Bertz CT molecular complexity index is 1630. The fourth-order valence-corrected chi connectivity index (χ4v) is 5.90. The first-order valence-electron chi connectivity index (χ1n) is 10.6. The van der Waals surface area contributed by atoms with E-state index < -0.39 is 26.0 Å². The van der Waals surface area contributed by atoms with Crippen molar-refractivity contribution >= 4 is 66.2 Å². The Hall–Kier alpha value is -3.57. The number of benzene rings is 4. The monoisotopic (exact) mass is 575 g/mol. The minimum absolute atomic E-state index is 0.0309. The van der Waals surface area contributed by atoms with Crippen molar-refractivity contribution in [3.63, 3.8) is 0 Å². The smallest absolute Gasteiger partial charge is 0.261 e. The molecule has 4 aromatic carbocycles. The van der Waals surface area contributed by atoms with Crippen LogP contribution in [0.25, 0.3) is 0 Å². The van der Waals surface area contributed by atoms with Crippen LogP contribution in [-0.4, -0.2) is 22.7 Å². The Labute approximate surface area is 224 Å². The molecule has 12 heteroatoms. The minimum atomic E-state index is -3.92. The Morgan fingerprint density at radius 3 is 1.62 bits per heavy atom. The van der Waals surface area contributed by atoms with E-state index >= 15 is 0 Å². The predicted molar refractivity (Wildman–Crippen MR) is 145 cm³/mol. The summed E-state index contributed by atoms with van der Waals surface area (Å²) in [7, 11) is -7.67. The number of hydrogen-bond donors (Lipinski definition) is 3. The van der Waals surface area contributed by atoms with E-state index in [2.05, 4.69) is 14.8 Å². The molecule has 0 saturated carbocycles. The number of rotatable bonds is 8. The number of halogens is 2. The summed E-state index contributed by atoms with van der Waals surface area (Å²) < 4.78 is 55.1. The van der Waals surface area contributed by atoms with Crippen molar-refractivity contribution in [2.75, 3.05) is 14.8 Å². The van der Waals surface area contributed by atoms with E-state index in [-0.39, 0.29) is 31.1 Å². The third kappa shape index (κ3) is 6.80. The summed E-state index contributed by atoms with van der Waals surface area (Å²) in [4.78, 5) is 12.7. The van der Waals surface area contributed by atoms with Gasteiger partial charge in [0.05, 0.1) is 15.5 Å². The Morgan fingerprint density at radius 2 is 1.05 bits per heavy atom. The second-order valence-corrected chi connectivity index (χ2v) is 12.0. The lowest BCUT2D eigenvalue weighted by Gasteiger charge is -2.11. The molecule has 0 aromatic heterocycles. The predicted octanol–water partition coefficient (Wildman–Crippen LogP) is 5.85. The van der Waals surface area contributed by atoms with Crippen molar-refractivity contribution in [1.29, 1.82) is 0 Å². The maximum atomic E-state index is 12.7. The first-order valence-corrected chi connectivity index (χ1v) is 14.3. The first kappa shape index (κ1) is 26.5. The van der Waals surface area contributed by atoms with E-state index in [1.54, 1.807) is 18.2 Å². The van der Waals surface area contributed by atoms with Crippen molar-refractivity contribution in [3.05, 3.63) is 113 Å². The van der Waals surface area contributed by atoms with Gasteiger partial charge < -0.3 is 5.32 Å². The highest BCUT2D eigenvalue weighted by atomic mass is 35.5. The fraction of sp³-hybridized carbons (Fsp3) is 0. The average molecular weight is 576 g/mol. The molecule has 4 aromatic rings. The van der Waals surface area contributed by atoms with Gasteiger partial charge in [0.25, 0.3) is 26.0 Å². The number of sulfonamides is 2. The van der Waals surface area contributed by atoms with Crippen molar-refractivity contribution in [3.8, 4) is 0 Å². The molecule has 4 rings (SSSR count). The second kappa shape index (κ2) is 10.8. The molecule has 8 nitrogen and oxygen atoms in total. The summed E-state index contributed by atoms with van der Waals surface area (Å²) in [5, 5.41) is 3.23. The van der Waals surface area contributed by atoms with Crippen molar-refractivity contribution < 1.29 is 21.6 Å². The van der Waals surface area contributed by atoms with Gasteiger partial charge >= 0.3 is 0 Å². The normalized spacial score (nSPS) is 11.5. The van der Waals surface area contributed by atoms with Crippen LogP contribution in [-0.2, 0) is 20.0 Å². The molecule has 37 heavy (non-hydrogen) atoms. The molecule has 0 aliphatic rings. The van der Waals surface area contributed by atoms with Crippen molar-refractivity contribution in [2.45, 2.75) is 9.79 Å². The van der Waals surface area contributed by atoms with Crippen LogP contribution in [0.15, 0.2) is 107 Å². The molecule has 1 amide bonds. The van der Waals surface area contributed by atoms with Crippen LogP contribution in [0.2, 0.25) is 10.0 Å². The van der Waals surface area contributed by atoms with Crippen LogP contribution in [0.4, 0.5) is 17.1 Å². The highest BCUT2D eigenvalue weighted by Gasteiger charge is 2.16. The lowest BCUT2D eigenvalue weighted by atomic mass is 10.2. The Kier molecular flexibility index (Phi) is 7.74. The van der Waals surface area contributed by atoms with E-state index in [9.17, 15) is 21.6 Å². The van der Waals surface area contributed by atoms with Gasteiger partial charge in [0, 0.05) is 27.0 Å². The fourth-order valence-electron chi connectivity index (χ4n) is 3.25. The number of anilines is 3. The van der Waals surface area contributed by atoms with E-state index in [1.807, 2.05) is 0 Å². The van der Waals surface area contributed by atoms with Gasteiger partial charge in [-0.05, 0) is 78.9 Å². The zero-order valence-corrected chi connectivity index (χ0v) is 22.0. The molecule has 0 aliphatic heterocycles. The van der Waals surface area contributed by atoms with Gasteiger partial charge in [-0.1, -0.05) is 41.4 Å². The van der Waals surface area contributed by atoms with E-state index in [1.165, 1.54) is 78.9 Å². The molecule has 0 heterocycles. The summed E-state index contributed by atoms with van der Waals surface area (Å²) in [6, 6.07) is 23.7. The summed E-state index contributed by atoms with van der Waals surface area (Å²) >= 11 is 11.8. The molecular weight excluding hydrogens is 557 g/mol. The second-order valence-electron chi connectivity index (χ2n) is 7.74. The molecule has 0 bridgehead atoms. The van der Waals surface area contributed by atoms with Gasteiger partial charge in [0.2, 0.25) is 0 Å². The van der Waals surface area contributed by atoms with Gasteiger partial charge in [0.15, 0.2) is 0 Å². The number of amides is 1. The van der Waals surface area contributed by atoms with Crippen LogP contribution >= 0.6 is 23.2 Å². The maximum Gasteiger partial charge on any atom is 0.261 e. The zero-order valence-electron chi connectivity index (χ0n) is 18.9. The van der Waals surface area contributed by atoms with E-state index in [0.29, 0.717) is 11.4 Å². The van der Waals surface area contributed by atoms with Gasteiger partial charge in [-0.3, -0.25) is 14.2 Å². The largest absolute Gasteiger partial charge is 0.322 e. The molecule has 0 saturated heterocycles. The topological polar surface area (TPSA) is 121 Å². The number of nitrogens with one attached hydrogen (secondary N) is 3. The van der Waals surface area contributed by atoms with Crippen LogP contribution in [0.3, 0.4) is 0 Å². The third-order valence-electron chi connectivity index (χ3n) is 4.99. The maximum absolute atomic E-state index is 12.7. The lowest BCUT2D eigenvalue weighted by molar-refractivity contribution is 0.102. The summed E-state index contributed by atoms with van der Waals surface area (Å²) in [5.74, 6) is -0.459. The molecular formula is C25H19Cl2N3O5S2. The Balaban J connectivity index is 1.40. The molecule has 0 unspecified atom stereocenters. The minimum Gasteiger partial charge on any atom is -0.322 e. The molecule has 3 N–H and O–H groups in total. The van der Waals surface area contributed by atoms with Gasteiger partial charge in [-0.25, -0.2) is 16.8 Å². The van der Waals surface area contributed by atoms with Crippen molar-refractivity contribution in [1.82, 2.24) is 0 Å². The molecule has 0 spiro atoms. The highest BCUT2D eigenvalue weighted by molar-refractivity contribution is 7.93. The van der Waals surface area contributed by atoms with Crippen LogP contribution in [0.1, 0.15) is 10.4 Å². The number of carbonyl (C=O) groups excluding carboxylic acids is 1. The van der Waals surface area contributed by atoms with Gasteiger partial charge in [-0.2, -0.15) is 0 Å². The first-order chi connectivity index (χ1) is 17.5. The molecule has 0 aliphatic carbocycles. The summed E-state index contributed by atoms with van der Waals surface area (Å²) in [6.45, 7) is 0. The van der Waals surface area contributed by atoms with E-state index in [4.69, 9.17) is 23.2 Å². The van der Waals surface area contributed by atoms with Crippen LogP contribution in [0, 0.1) is 0 Å². The lowest BCUT2D eigenvalue weighted by Crippen LogP contribution is -2.15. The molecule has 0 radical (unpaired) electrons. The molecule has 190 valence electrons. The SMILES string of the molecule is O=C(Nc1ccc(S(=O)(=O)Nc2cc(Cl)cc(Cl)c2)cc1)c1ccc(NS(=O)(=O)c2ccccc2)cc1. The van der Waals surface area contributed by atoms with Crippen molar-refractivity contribution in [2.24, 2.45) is 0 Å². The van der Waals surface area contributed by atoms with Crippen LogP contribution < -0.4 is 14.8 Å². The standard InChI is InChI=1S/C25H19Cl2N3O5S2/c26-18-14-19(27)16-22(15-18)30-37(34,35)24-12-10-20(11-13-24)28-25(31)17-6-8-21(9-7-17)29-36(32,33)23-4-2-1-3-5-23/h1-16,29-30H,(H,28,31). The quantitative estimate of drug-likeness (QED) is 0.243. The number of carbonyl (C=O) groups is 1.